The molecule has 64 valence electrons. The van der Waals surface area contributed by atoms with Crippen LogP contribution < -0.4 is 11.1 Å². The minimum Gasteiger partial charge on any atom is -0.480 e. The number of aliphatic carboxylic acids is 1. The second-order valence-electron chi connectivity index (χ2n) is 3.04. The molecule has 4 N–H and O–H groups in total. The van der Waals surface area contributed by atoms with Gasteiger partial charge in [-0.25, -0.2) is 0 Å². The molecule has 1 aliphatic rings. The van der Waals surface area contributed by atoms with E-state index in [4.69, 9.17) is 10.8 Å². The van der Waals surface area contributed by atoms with Gasteiger partial charge in [0.25, 0.3) is 0 Å². The van der Waals surface area contributed by atoms with Gasteiger partial charge in [-0.3, -0.25) is 4.79 Å². The van der Waals surface area contributed by atoms with E-state index in [1.165, 1.54) is 0 Å². The predicted molar refractivity (Wildman–Crippen MR) is 41.2 cm³/mol. The van der Waals surface area contributed by atoms with Crippen molar-refractivity contribution >= 4 is 5.97 Å². The van der Waals surface area contributed by atoms with E-state index in [-0.39, 0.29) is 0 Å². The maximum absolute atomic E-state index is 10.3. The van der Waals surface area contributed by atoms with Gasteiger partial charge in [0.2, 0.25) is 0 Å². The van der Waals surface area contributed by atoms with E-state index in [9.17, 15) is 4.79 Å². The van der Waals surface area contributed by atoms with Crippen LogP contribution in [0.4, 0.5) is 0 Å². The summed E-state index contributed by atoms with van der Waals surface area (Å²) >= 11 is 0. The molecular formula is C7H14N2O2. The predicted octanol–water partition coefficient (Wildman–Crippen LogP) is -0.602. The fourth-order valence-electron chi connectivity index (χ4n) is 1.38. The quantitative estimate of drug-likeness (QED) is 0.512. The number of rotatable bonds is 3. The van der Waals surface area contributed by atoms with Crippen molar-refractivity contribution in [2.75, 3.05) is 13.1 Å². The summed E-state index contributed by atoms with van der Waals surface area (Å²) in [5.74, 6) is -0.432. The maximum atomic E-state index is 10.3. The number of hydrogen-bond donors (Lipinski definition) is 3. The van der Waals surface area contributed by atoms with Crippen molar-refractivity contribution in [3.63, 3.8) is 0 Å². The van der Waals surface area contributed by atoms with Crippen molar-refractivity contribution in [3.05, 3.63) is 0 Å². The summed E-state index contributed by atoms with van der Waals surface area (Å²) in [4.78, 5) is 10.3. The van der Waals surface area contributed by atoms with Crippen LogP contribution in [0.3, 0.4) is 0 Å². The summed E-state index contributed by atoms with van der Waals surface area (Å²) in [6.07, 6.45) is 1.66. The third-order valence-electron chi connectivity index (χ3n) is 2.07. The Bertz CT molecular complexity index is 143. The molecular weight excluding hydrogens is 144 g/mol. The van der Waals surface area contributed by atoms with E-state index in [1.54, 1.807) is 0 Å². The van der Waals surface area contributed by atoms with Crippen molar-refractivity contribution in [2.24, 2.45) is 11.7 Å². The van der Waals surface area contributed by atoms with Crippen molar-refractivity contribution in [3.8, 4) is 0 Å². The first kappa shape index (κ1) is 8.49. The third kappa shape index (κ3) is 2.48. The first-order chi connectivity index (χ1) is 5.20. The van der Waals surface area contributed by atoms with Gasteiger partial charge in [0.05, 0.1) is 0 Å². The van der Waals surface area contributed by atoms with E-state index >= 15 is 0 Å². The molecule has 0 bridgehead atoms. The molecule has 1 rings (SSSR count). The molecule has 1 heterocycles. The zero-order valence-electron chi connectivity index (χ0n) is 6.42. The van der Waals surface area contributed by atoms with Crippen LogP contribution in [-0.4, -0.2) is 30.2 Å². The largest absolute Gasteiger partial charge is 0.480 e. The first-order valence-electron chi connectivity index (χ1n) is 3.89. The Morgan fingerprint density at radius 1 is 1.82 bits per heavy atom. The van der Waals surface area contributed by atoms with Gasteiger partial charge in [0.15, 0.2) is 0 Å². The average Bonchev–Trinajstić information content (AvgIpc) is 2.39. The Morgan fingerprint density at radius 3 is 3.00 bits per heavy atom. The Morgan fingerprint density at radius 2 is 2.55 bits per heavy atom. The lowest BCUT2D eigenvalue weighted by atomic mass is 10.00. The lowest BCUT2D eigenvalue weighted by Gasteiger charge is -2.10. The standard InChI is InChI=1S/C7H14N2O2/c8-6(7(10)11)3-5-1-2-9-4-5/h5-6,9H,1-4,8H2,(H,10,11). The van der Waals surface area contributed by atoms with E-state index in [0.717, 1.165) is 19.5 Å². The van der Waals surface area contributed by atoms with E-state index in [1.807, 2.05) is 0 Å². The van der Waals surface area contributed by atoms with Crippen LogP contribution in [0.5, 0.6) is 0 Å². The van der Waals surface area contributed by atoms with Gasteiger partial charge in [-0.05, 0) is 31.8 Å². The SMILES string of the molecule is NC(CC1CCNC1)C(=O)O. The molecule has 0 aromatic heterocycles. The van der Waals surface area contributed by atoms with E-state index in [0.29, 0.717) is 12.3 Å². The average molecular weight is 158 g/mol. The summed E-state index contributed by atoms with van der Waals surface area (Å²) in [6.45, 7) is 1.91. The molecule has 4 heteroatoms. The minimum absolute atomic E-state index is 0.459. The van der Waals surface area contributed by atoms with Gasteiger partial charge in [0, 0.05) is 0 Å². The Hall–Kier alpha value is -0.610. The number of carbonyl (C=O) groups is 1. The molecule has 0 aromatic carbocycles. The molecule has 0 aliphatic carbocycles. The van der Waals surface area contributed by atoms with Crippen LogP contribution in [-0.2, 0) is 4.79 Å². The summed E-state index contributed by atoms with van der Waals surface area (Å²) in [5.41, 5.74) is 5.37. The minimum atomic E-state index is -0.892. The second kappa shape index (κ2) is 3.69. The number of hydrogen-bond acceptors (Lipinski definition) is 3. The summed E-state index contributed by atoms with van der Waals surface area (Å²) in [5, 5.41) is 11.7. The molecule has 0 amide bonds. The monoisotopic (exact) mass is 158 g/mol. The number of nitrogens with two attached hydrogens (primary N) is 1. The second-order valence-corrected chi connectivity index (χ2v) is 3.04. The van der Waals surface area contributed by atoms with Crippen LogP contribution in [0.1, 0.15) is 12.8 Å². The lowest BCUT2D eigenvalue weighted by molar-refractivity contribution is -0.138. The van der Waals surface area contributed by atoms with E-state index in [2.05, 4.69) is 5.32 Å². The highest BCUT2D eigenvalue weighted by Gasteiger charge is 2.21. The molecule has 0 saturated carbocycles. The maximum Gasteiger partial charge on any atom is 0.320 e. The van der Waals surface area contributed by atoms with Crippen molar-refractivity contribution < 1.29 is 9.90 Å². The van der Waals surface area contributed by atoms with Crippen LogP contribution in [0.25, 0.3) is 0 Å². The highest BCUT2D eigenvalue weighted by atomic mass is 16.4. The molecule has 0 aromatic rings. The summed E-state index contributed by atoms with van der Waals surface area (Å²) < 4.78 is 0. The van der Waals surface area contributed by atoms with E-state index < -0.39 is 12.0 Å². The van der Waals surface area contributed by atoms with Gasteiger partial charge >= 0.3 is 5.97 Å². The van der Waals surface area contributed by atoms with Crippen LogP contribution in [0.15, 0.2) is 0 Å². The number of carboxylic acids is 1. The van der Waals surface area contributed by atoms with Gasteiger partial charge in [0.1, 0.15) is 6.04 Å². The molecule has 1 aliphatic heterocycles. The molecule has 0 spiro atoms. The Kier molecular flexibility index (Phi) is 2.84. The fraction of sp³-hybridized carbons (Fsp3) is 0.857. The molecule has 1 saturated heterocycles. The molecule has 2 unspecified atom stereocenters. The smallest absolute Gasteiger partial charge is 0.320 e. The van der Waals surface area contributed by atoms with Gasteiger partial charge < -0.3 is 16.2 Å². The molecule has 2 atom stereocenters. The third-order valence-corrected chi connectivity index (χ3v) is 2.07. The summed E-state index contributed by atoms with van der Waals surface area (Å²) in [6, 6.07) is -0.681. The van der Waals surface area contributed by atoms with Crippen molar-refractivity contribution in [1.29, 1.82) is 0 Å². The highest BCUT2D eigenvalue weighted by Crippen LogP contribution is 2.13. The van der Waals surface area contributed by atoms with Crippen LogP contribution in [0, 0.1) is 5.92 Å². The van der Waals surface area contributed by atoms with Crippen LogP contribution in [0.2, 0.25) is 0 Å². The number of nitrogens with one attached hydrogen (secondary N) is 1. The normalized spacial score (nSPS) is 26.8. The van der Waals surface area contributed by atoms with Gasteiger partial charge in [-0.1, -0.05) is 0 Å². The van der Waals surface area contributed by atoms with Gasteiger partial charge in [-0.15, -0.1) is 0 Å². The molecule has 11 heavy (non-hydrogen) atoms. The lowest BCUT2D eigenvalue weighted by Crippen LogP contribution is -2.32. The van der Waals surface area contributed by atoms with Crippen molar-refractivity contribution in [2.45, 2.75) is 18.9 Å². The first-order valence-corrected chi connectivity index (χ1v) is 3.89. The molecule has 4 nitrogen and oxygen atoms in total. The Labute approximate surface area is 65.8 Å². The van der Waals surface area contributed by atoms with Crippen LogP contribution >= 0.6 is 0 Å². The molecule has 0 radical (unpaired) electrons. The highest BCUT2D eigenvalue weighted by molar-refractivity contribution is 5.73. The summed E-state index contributed by atoms with van der Waals surface area (Å²) in [7, 11) is 0. The Balaban J connectivity index is 2.23. The topological polar surface area (TPSA) is 75.3 Å². The van der Waals surface area contributed by atoms with Gasteiger partial charge in [-0.2, -0.15) is 0 Å². The van der Waals surface area contributed by atoms with Crippen molar-refractivity contribution in [1.82, 2.24) is 5.32 Å². The molecule has 1 fully saturated rings. The number of carboxylic acid groups (broad SMARTS) is 1. The fourth-order valence-corrected chi connectivity index (χ4v) is 1.38. The zero-order chi connectivity index (χ0) is 8.27. The zero-order valence-corrected chi connectivity index (χ0v) is 6.42.